The first kappa shape index (κ1) is 17.0. The van der Waals surface area contributed by atoms with E-state index >= 15 is 0 Å². The van der Waals surface area contributed by atoms with Crippen molar-refractivity contribution in [2.75, 3.05) is 12.3 Å². The van der Waals surface area contributed by atoms with Crippen molar-refractivity contribution in [2.24, 2.45) is 0 Å². The van der Waals surface area contributed by atoms with E-state index in [1.54, 1.807) is 0 Å². The van der Waals surface area contributed by atoms with Gasteiger partial charge in [-0.3, -0.25) is 4.57 Å². The number of hydrogen-bond donors (Lipinski definition) is 4. The molecule has 3 heterocycles. The van der Waals surface area contributed by atoms with Crippen LogP contribution in [0.3, 0.4) is 0 Å². The molecule has 1 saturated heterocycles. The van der Waals surface area contributed by atoms with Crippen LogP contribution < -0.4 is 5.73 Å². The number of imidazole rings is 1. The van der Waals surface area contributed by atoms with Gasteiger partial charge in [-0.2, -0.15) is 14.4 Å². The highest BCUT2D eigenvalue weighted by molar-refractivity contribution is 5.81. The molecule has 0 aromatic carbocycles. The SMILES string of the molecule is CCCC[C@]1(CO)O[C@H](n2cnc3c(N)nc(F)nc32)[C@H](O)[C@@H]1O. The fourth-order valence-electron chi connectivity index (χ4n) is 3.06. The number of fused-ring (bicyclic) bond motifs is 1. The second kappa shape index (κ2) is 6.20. The number of nitrogen functional groups attached to an aromatic ring is 1. The first-order chi connectivity index (χ1) is 11.4. The monoisotopic (exact) mass is 341 g/mol. The standard InChI is InChI=1S/C14H20FN5O4/c1-2-3-4-14(5-21)9(23)8(22)12(24-14)20-6-17-7-10(16)18-13(15)19-11(7)20/h6,8-9,12,21-23H,2-5H2,1H3,(H2,16,18,19)/t8-,9+,12+,14-/m1/s1. The van der Waals surface area contributed by atoms with Crippen LogP contribution in [-0.4, -0.2) is 59.3 Å². The molecule has 0 unspecified atom stereocenters. The number of aliphatic hydroxyl groups excluding tert-OH is 3. The van der Waals surface area contributed by atoms with E-state index in [1.807, 2.05) is 6.92 Å². The minimum absolute atomic E-state index is 0.0421. The summed E-state index contributed by atoms with van der Waals surface area (Å²) >= 11 is 0. The van der Waals surface area contributed by atoms with Crippen LogP contribution in [0, 0.1) is 6.08 Å². The lowest BCUT2D eigenvalue weighted by Gasteiger charge is -2.29. The summed E-state index contributed by atoms with van der Waals surface area (Å²) in [5.41, 5.74) is 4.52. The Bertz CT molecular complexity index is 741. The molecule has 0 spiro atoms. The van der Waals surface area contributed by atoms with Crippen LogP contribution in [0.2, 0.25) is 0 Å². The van der Waals surface area contributed by atoms with Gasteiger partial charge in [0, 0.05) is 0 Å². The summed E-state index contributed by atoms with van der Waals surface area (Å²) < 4.78 is 20.6. The number of halogens is 1. The smallest absolute Gasteiger partial charge is 0.312 e. The third-order valence-electron chi connectivity index (χ3n) is 4.43. The third-order valence-corrected chi connectivity index (χ3v) is 4.43. The molecular formula is C14H20FN5O4. The van der Waals surface area contributed by atoms with Gasteiger partial charge in [-0.1, -0.05) is 19.8 Å². The number of aliphatic hydroxyl groups is 3. The highest BCUT2D eigenvalue weighted by Gasteiger charge is 2.54. The number of hydrogen-bond acceptors (Lipinski definition) is 8. The van der Waals surface area contributed by atoms with Crippen molar-refractivity contribution in [2.45, 2.75) is 50.2 Å². The molecular weight excluding hydrogens is 321 g/mol. The van der Waals surface area contributed by atoms with Crippen LogP contribution in [0.5, 0.6) is 0 Å². The van der Waals surface area contributed by atoms with Crippen molar-refractivity contribution in [3.63, 3.8) is 0 Å². The molecule has 10 heteroatoms. The molecule has 1 aliphatic heterocycles. The molecule has 0 bridgehead atoms. The number of aromatic nitrogens is 4. The highest BCUT2D eigenvalue weighted by atomic mass is 19.1. The van der Waals surface area contributed by atoms with Crippen LogP contribution in [0.4, 0.5) is 10.2 Å². The Morgan fingerprint density at radius 3 is 2.83 bits per heavy atom. The number of anilines is 1. The average molecular weight is 341 g/mol. The van der Waals surface area contributed by atoms with Crippen molar-refractivity contribution < 1.29 is 24.4 Å². The topological polar surface area (TPSA) is 140 Å². The molecule has 24 heavy (non-hydrogen) atoms. The molecule has 1 fully saturated rings. The van der Waals surface area contributed by atoms with Gasteiger partial charge in [0.2, 0.25) is 0 Å². The Hall–Kier alpha value is -1.88. The predicted octanol–water partition coefficient (Wildman–Crippen LogP) is -0.280. The number of ether oxygens (including phenoxy) is 1. The molecule has 3 rings (SSSR count). The van der Waals surface area contributed by atoms with E-state index in [0.29, 0.717) is 12.8 Å². The lowest BCUT2D eigenvalue weighted by Crippen LogP contribution is -2.46. The Labute approximate surface area is 136 Å². The van der Waals surface area contributed by atoms with E-state index in [4.69, 9.17) is 10.5 Å². The second-order valence-corrected chi connectivity index (χ2v) is 5.97. The Balaban J connectivity index is 2.01. The fourth-order valence-corrected chi connectivity index (χ4v) is 3.06. The summed E-state index contributed by atoms with van der Waals surface area (Å²) in [7, 11) is 0. The lowest BCUT2D eigenvalue weighted by atomic mass is 9.90. The van der Waals surface area contributed by atoms with Gasteiger partial charge in [0.15, 0.2) is 23.2 Å². The van der Waals surface area contributed by atoms with Crippen molar-refractivity contribution in [3.05, 3.63) is 12.4 Å². The molecule has 4 atom stereocenters. The van der Waals surface area contributed by atoms with Crippen molar-refractivity contribution >= 4 is 17.0 Å². The van der Waals surface area contributed by atoms with Gasteiger partial charge in [-0.05, 0) is 6.42 Å². The molecule has 0 radical (unpaired) electrons. The van der Waals surface area contributed by atoms with E-state index in [-0.39, 0.29) is 17.0 Å². The van der Waals surface area contributed by atoms with E-state index in [0.717, 1.165) is 6.42 Å². The zero-order valence-corrected chi connectivity index (χ0v) is 13.1. The summed E-state index contributed by atoms with van der Waals surface area (Å²) in [6.45, 7) is 1.51. The number of nitrogens with two attached hydrogens (primary N) is 1. The Kier molecular flexibility index (Phi) is 4.38. The summed E-state index contributed by atoms with van der Waals surface area (Å²) in [5.74, 6) is -0.135. The second-order valence-electron chi connectivity index (χ2n) is 5.97. The highest BCUT2D eigenvalue weighted by Crippen LogP contribution is 2.41. The number of unbranched alkanes of at least 4 members (excludes halogenated alkanes) is 1. The maximum absolute atomic E-state index is 13.5. The van der Waals surface area contributed by atoms with E-state index in [9.17, 15) is 19.7 Å². The summed E-state index contributed by atoms with van der Waals surface area (Å²) in [6.07, 6.45) is -1.58. The molecule has 1 aliphatic rings. The van der Waals surface area contributed by atoms with Crippen molar-refractivity contribution in [1.29, 1.82) is 0 Å². The summed E-state index contributed by atoms with van der Waals surface area (Å²) in [6, 6.07) is 0. The van der Waals surface area contributed by atoms with Crippen LogP contribution in [-0.2, 0) is 4.74 Å². The minimum Gasteiger partial charge on any atom is -0.393 e. The normalized spacial score (nSPS) is 30.3. The lowest BCUT2D eigenvalue weighted by molar-refractivity contribution is -0.132. The van der Waals surface area contributed by atoms with Crippen LogP contribution >= 0.6 is 0 Å². The first-order valence-corrected chi connectivity index (χ1v) is 7.74. The molecule has 9 nitrogen and oxygen atoms in total. The zero-order valence-electron chi connectivity index (χ0n) is 13.1. The van der Waals surface area contributed by atoms with Gasteiger partial charge < -0.3 is 25.8 Å². The molecule has 132 valence electrons. The van der Waals surface area contributed by atoms with Gasteiger partial charge in [0.1, 0.15) is 17.8 Å². The summed E-state index contributed by atoms with van der Waals surface area (Å²) in [4.78, 5) is 11.0. The van der Waals surface area contributed by atoms with Gasteiger partial charge in [0.25, 0.3) is 0 Å². The molecule has 0 amide bonds. The fraction of sp³-hybridized carbons (Fsp3) is 0.643. The van der Waals surface area contributed by atoms with Crippen molar-refractivity contribution in [3.8, 4) is 0 Å². The van der Waals surface area contributed by atoms with Gasteiger partial charge in [0.05, 0.1) is 12.9 Å². The molecule has 0 saturated carbocycles. The molecule has 0 aliphatic carbocycles. The maximum atomic E-state index is 13.5. The largest absolute Gasteiger partial charge is 0.393 e. The van der Waals surface area contributed by atoms with Crippen LogP contribution in [0.15, 0.2) is 6.33 Å². The predicted molar refractivity (Wildman–Crippen MR) is 81.2 cm³/mol. The third kappa shape index (κ3) is 2.51. The zero-order chi connectivity index (χ0) is 17.5. The van der Waals surface area contributed by atoms with E-state index in [1.165, 1.54) is 10.9 Å². The van der Waals surface area contributed by atoms with Gasteiger partial charge in [-0.15, -0.1) is 0 Å². The van der Waals surface area contributed by atoms with Crippen molar-refractivity contribution in [1.82, 2.24) is 19.5 Å². The molecule has 2 aromatic rings. The van der Waals surface area contributed by atoms with Gasteiger partial charge in [-0.25, -0.2) is 4.98 Å². The first-order valence-electron chi connectivity index (χ1n) is 7.74. The van der Waals surface area contributed by atoms with Gasteiger partial charge >= 0.3 is 6.08 Å². The van der Waals surface area contributed by atoms with E-state index in [2.05, 4.69) is 15.0 Å². The minimum atomic E-state index is -1.34. The average Bonchev–Trinajstić information content (AvgIpc) is 3.07. The van der Waals surface area contributed by atoms with E-state index < -0.39 is 36.7 Å². The number of nitrogens with zero attached hydrogens (tertiary/aromatic N) is 4. The summed E-state index contributed by atoms with van der Waals surface area (Å²) in [5, 5.41) is 30.5. The van der Waals surface area contributed by atoms with Crippen LogP contribution in [0.1, 0.15) is 32.4 Å². The number of rotatable bonds is 5. The quantitative estimate of drug-likeness (QED) is 0.544. The molecule has 2 aromatic heterocycles. The van der Waals surface area contributed by atoms with Crippen LogP contribution in [0.25, 0.3) is 11.2 Å². The Morgan fingerprint density at radius 2 is 2.17 bits per heavy atom. The Morgan fingerprint density at radius 1 is 1.42 bits per heavy atom. The maximum Gasteiger partial charge on any atom is 0.312 e. The molecule has 5 N–H and O–H groups in total.